The van der Waals surface area contributed by atoms with Crippen molar-refractivity contribution in [3.63, 3.8) is 0 Å². The summed E-state index contributed by atoms with van der Waals surface area (Å²) in [6.45, 7) is 2.21. The molecule has 0 fully saturated rings. The number of hydrogen-bond donors (Lipinski definition) is 1. The van der Waals surface area contributed by atoms with E-state index < -0.39 is 0 Å². The van der Waals surface area contributed by atoms with Crippen LogP contribution < -0.4 is 31.9 Å². The Labute approximate surface area is 186 Å². The summed E-state index contributed by atoms with van der Waals surface area (Å²) in [7, 11) is 0. The third-order valence-electron chi connectivity index (χ3n) is 4.43. The molecule has 0 spiro atoms. The highest BCUT2D eigenvalue weighted by Gasteiger charge is 2.12. The molecule has 0 aliphatic carbocycles. The molecule has 1 N–H and O–H groups in total. The summed E-state index contributed by atoms with van der Waals surface area (Å²) in [5.74, 6) is 2.41. The summed E-state index contributed by atoms with van der Waals surface area (Å²) in [5.41, 5.74) is 3.24. The van der Waals surface area contributed by atoms with Crippen molar-refractivity contribution in [2.24, 2.45) is 0 Å². The Morgan fingerprint density at radius 3 is 2.34 bits per heavy atom. The molecule has 0 aromatic heterocycles. The van der Waals surface area contributed by atoms with Gasteiger partial charge in [-0.1, -0.05) is 47.5 Å². The number of fused-ring (bicyclic) bond motifs is 1. The van der Waals surface area contributed by atoms with Gasteiger partial charge >= 0.3 is 0 Å². The van der Waals surface area contributed by atoms with Gasteiger partial charge in [0.15, 0.2) is 11.5 Å². The van der Waals surface area contributed by atoms with E-state index in [0.29, 0.717) is 23.4 Å². The van der Waals surface area contributed by atoms with E-state index in [4.69, 9.17) is 37.4 Å². The van der Waals surface area contributed by atoms with Crippen LogP contribution in [0.25, 0.3) is 0 Å². The molecule has 3 aromatic carbocycles. The van der Waals surface area contributed by atoms with E-state index in [1.807, 2.05) is 48.5 Å². The van der Waals surface area contributed by atoms with Crippen LogP contribution in [-0.4, -0.2) is 6.79 Å². The quantitative estimate of drug-likeness (QED) is 0.599. The lowest BCUT2D eigenvalue weighted by molar-refractivity contribution is -0.00000735. The molecule has 4 nitrogen and oxygen atoms in total. The second-order valence-electron chi connectivity index (χ2n) is 6.46. The van der Waals surface area contributed by atoms with Crippen LogP contribution >= 0.6 is 23.2 Å². The third-order valence-corrected chi connectivity index (χ3v) is 5.01. The van der Waals surface area contributed by atoms with Crippen LogP contribution in [0.2, 0.25) is 10.0 Å². The van der Waals surface area contributed by atoms with Gasteiger partial charge in [-0.15, -0.1) is 0 Å². The summed E-state index contributed by atoms with van der Waals surface area (Å²) >= 11 is 12.1. The van der Waals surface area contributed by atoms with Gasteiger partial charge in [0, 0.05) is 28.7 Å². The highest BCUT2D eigenvalue weighted by Crippen LogP contribution is 2.32. The maximum absolute atomic E-state index is 6.17. The average molecular weight is 452 g/mol. The molecule has 0 saturated heterocycles. The fourth-order valence-electron chi connectivity index (χ4n) is 2.91. The minimum atomic E-state index is 0. The van der Waals surface area contributed by atoms with Crippen molar-refractivity contribution < 1.29 is 26.6 Å². The zero-order valence-electron chi connectivity index (χ0n) is 15.5. The van der Waals surface area contributed by atoms with E-state index in [1.165, 1.54) is 5.56 Å². The third kappa shape index (κ3) is 5.71. The summed E-state index contributed by atoms with van der Waals surface area (Å²) in [6.07, 6.45) is 0. The Morgan fingerprint density at radius 2 is 1.55 bits per heavy atom. The first kappa shape index (κ1) is 21.6. The van der Waals surface area contributed by atoms with Crippen molar-refractivity contribution >= 4 is 23.2 Å². The zero-order chi connectivity index (χ0) is 19.3. The lowest BCUT2D eigenvalue weighted by atomic mass is 10.2. The fraction of sp³-hybridized carbons (Fsp3) is 0.182. The number of rotatable bonds is 7. The van der Waals surface area contributed by atoms with Crippen LogP contribution in [0.1, 0.15) is 16.7 Å². The van der Waals surface area contributed by atoms with Crippen molar-refractivity contribution in [3.05, 3.63) is 87.4 Å². The summed E-state index contributed by atoms with van der Waals surface area (Å²) < 4.78 is 16.5. The topological polar surface area (TPSA) is 39.7 Å². The van der Waals surface area contributed by atoms with Crippen LogP contribution in [0, 0.1) is 0 Å². The van der Waals surface area contributed by atoms with Gasteiger partial charge in [-0.05, 0) is 47.5 Å². The SMILES string of the molecule is Clc1ccc(COc2ccc(CNCc3ccc4c(c3)OCO4)cc2)c(Cl)c1.[Cl-]. The number of nitrogens with one attached hydrogen (secondary N) is 1. The number of benzene rings is 3. The monoisotopic (exact) mass is 450 g/mol. The van der Waals surface area contributed by atoms with Crippen LogP contribution in [0.4, 0.5) is 0 Å². The summed E-state index contributed by atoms with van der Waals surface area (Å²) in [5, 5.41) is 4.66. The molecule has 0 amide bonds. The van der Waals surface area contributed by atoms with E-state index in [0.717, 1.165) is 41.5 Å². The molecule has 0 saturated carbocycles. The average Bonchev–Trinajstić information content (AvgIpc) is 3.16. The lowest BCUT2D eigenvalue weighted by Gasteiger charge is -2.10. The van der Waals surface area contributed by atoms with Crippen LogP contribution in [-0.2, 0) is 19.7 Å². The number of ether oxygens (including phenoxy) is 3. The molecular weight excluding hydrogens is 433 g/mol. The summed E-state index contributed by atoms with van der Waals surface area (Å²) in [6, 6.07) is 19.4. The molecule has 3 aromatic rings. The molecule has 4 rings (SSSR count). The van der Waals surface area contributed by atoms with Crippen molar-refractivity contribution in [2.45, 2.75) is 19.7 Å². The largest absolute Gasteiger partial charge is 1.00 e. The number of hydrogen-bond acceptors (Lipinski definition) is 4. The smallest absolute Gasteiger partial charge is 0.231 e. The first-order valence-corrected chi connectivity index (χ1v) is 9.68. The molecule has 1 aliphatic heterocycles. The van der Waals surface area contributed by atoms with Gasteiger partial charge in [-0.2, -0.15) is 0 Å². The Balaban J connectivity index is 0.00000240. The standard InChI is InChI=1S/C22H19Cl2NO3.ClH/c23-18-5-4-17(20(24)10-18)13-26-19-6-1-15(2-7-19)11-25-12-16-3-8-21-22(9-16)28-14-27-21;/h1-10,25H,11-14H2;1H/p-1. The molecule has 0 bridgehead atoms. The second-order valence-corrected chi connectivity index (χ2v) is 7.30. The fourth-order valence-corrected chi connectivity index (χ4v) is 3.37. The van der Waals surface area contributed by atoms with Crippen molar-refractivity contribution in [1.82, 2.24) is 5.32 Å². The first-order chi connectivity index (χ1) is 13.7. The van der Waals surface area contributed by atoms with Gasteiger partial charge in [-0.25, -0.2) is 0 Å². The lowest BCUT2D eigenvalue weighted by Crippen LogP contribution is -3.00. The van der Waals surface area contributed by atoms with Crippen LogP contribution in [0.5, 0.6) is 17.2 Å². The Morgan fingerprint density at radius 1 is 0.828 bits per heavy atom. The van der Waals surface area contributed by atoms with Crippen LogP contribution in [0.3, 0.4) is 0 Å². The van der Waals surface area contributed by atoms with Crippen molar-refractivity contribution in [3.8, 4) is 17.2 Å². The molecule has 0 radical (unpaired) electrons. The highest BCUT2D eigenvalue weighted by atomic mass is 35.5. The molecule has 29 heavy (non-hydrogen) atoms. The predicted octanol–water partition coefficient (Wildman–Crippen LogP) is 2.59. The Kier molecular flexibility index (Phi) is 7.51. The van der Waals surface area contributed by atoms with Gasteiger partial charge in [-0.3, -0.25) is 0 Å². The second kappa shape index (κ2) is 10.1. The van der Waals surface area contributed by atoms with Gasteiger partial charge in [0.05, 0.1) is 0 Å². The maximum atomic E-state index is 6.17. The van der Waals surface area contributed by atoms with E-state index in [1.54, 1.807) is 12.1 Å². The van der Waals surface area contributed by atoms with E-state index in [2.05, 4.69) is 5.32 Å². The van der Waals surface area contributed by atoms with Gasteiger partial charge in [0.1, 0.15) is 12.4 Å². The molecular formula is C22H19Cl3NO3-. The maximum Gasteiger partial charge on any atom is 0.231 e. The molecule has 7 heteroatoms. The molecule has 152 valence electrons. The minimum Gasteiger partial charge on any atom is -1.00 e. The zero-order valence-corrected chi connectivity index (χ0v) is 17.7. The normalized spacial score (nSPS) is 11.8. The molecule has 1 heterocycles. The molecule has 0 atom stereocenters. The Hall–Kier alpha value is -2.11. The first-order valence-electron chi connectivity index (χ1n) is 8.92. The Bertz CT molecular complexity index is 964. The number of halogens is 3. The van der Waals surface area contributed by atoms with Crippen molar-refractivity contribution in [1.29, 1.82) is 0 Å². The van der Waals surface area contributed by atoms with E-state index >= 15 is 0 Å². The van der Waals surface area contributed by atoms with Gasteiger partial charge in [0.2, 0.25) is 6.79 Å². The van der Waals surface area contributed by atoms with Crippen molar-refractivity contribution in [2.75, 3.05) is 6.79 Å². The van der Waals surface area contributed by atoms with Gasteiger partial charge < -0.3 is 31.9 Å². The minimum absolute atomic E-state index is 0. The predicted molar refractivity (Wildman–Crippen MR) is 110 cm³/mol. The van der Waals surface area contributed by atoms with E-state index in [9.17, 15) is 0 Å². The molecule has 1 aliphatic rings. The van der Waals surface area contributed by atoms with E-state index in [-0.39, 0.29) is 12.4 Å². The van der Waals surface area contributed by atoms with Gasteiger partial charge in [0.25, 0.3) is 0 Å². The summed E-state index contributed by atoms with van der Waals surface area (Å²) in [4.78, 5) is 0. The molecule has 0 unspecified atom stereocenters. The van der Waals surface area contributed by atoms with Crippen LogP contribution in [0.15, 0.2) is 60.7 Å². The highest BCUT2D eigenvalue weighted by molar-refractivity contribution is 6.35.